The maximum Gasteiger partial charge on any atom is 0.208 e. The third-order valence-corrected chi connectivity index (χ3v) is 4.45. The topological polar surface area (TPSA) is 37.9 Å². The van der Waals surface area contributed by atoms with Gasteiger partial charge in [-0.15, -0.1) is 0 Å². The first kappa shape index (κ1) is 9.25. The fourth-order valence-corrected chi connectivity index (χ4v) is 2.70. The number of aromatic amines is 1. The molecule has 1 N–H and O–H groups in total. The smallest absolute Gasteiger partial charge is 0.208 e. The summed E-state index contributed by atoms with van der Waals surface area (Å²) in [5.41, 5.74) is 1.29. The lowest BCUT2D eigenvalue weighted by Gasteiger charge is -2.22. The summed E-state index contributed by atoms with van der Waals surface area (Å²) in [6.45, 7) is 3.27. The van der Waals surface area contributed by atoms with E-state index in [1.807, 2.05) is 6.07 Å². The molecule has 1 aromatic rings. The van der Waals surface area contributed by atoms with Crippen LogP contribution < -0.4 is 4.74 Å². The summed E-state index contributed by atoms with van der Waals surface area (Å²) in [5, 5.41) is 6.69. The Bertz CT molecular complexity index is 337. The Kier molecular flexibility index (Phi) is 1.85. The number of ether oxygens (including phenoxy) is 1. The van der Waals surface area contributed by atoms with E-state index in [4.69, 9.17) is 4.74 Å². The van der Waals surface area contributed by atoms with Crippen molar-refractivity contribution in [3.05, 3.63) is 12.3 Å². The van der Waals surface area contributed by atoms with Gasteiger partial charge in [0.25, 0.3) is 0 Å². The first-order chi connectivity index (χ1) is 7.24. The molecule has 3 nitrogen and oxygen atoms in total. The van der Waals surface area contributed by atoms with Crippen LogP contribution in [0.3, 0.4) is 0 Å². The summed E-state index contributed by atoms with van der Waals surface area (Å²) in [4.78, 5) is 0. The van der Waals surface area contributed by atoms with Crippen molar-refractivity contribution in [2.75, 3.05) is 6.61 Å². The quantitative estimate of drug-likeness (QED) is 0.804. The zero-order valence-electron chi connectivity index (χ0n) is 9.25. The van der Waals surface area contributed by atoms with Gasteiger partial charge in [0.1, 0.15) is 0 Å². The van der Waals surface area contributed by atoms with Gasteiger partial charge in [-0.05, 0) is 42.9 Å². The SMILES string of the molecule is CC1(C2(CCOc3ccn[nH]3)CC2)CC1. The van der Waals surface area contributed by atoms with Crippen LogP contribution in [0.4, 0.5) is 0 Å². The van der Waals surface area contributed by atoms with Crippen LogP contribution in [-0.4, -0.2) is 16.8 Å². The van der Waals surface area contributed by atoms with Crippen LogP contribution in [0, 0.1) is 10.8 Å². The normalized spacial score (nSPS) is 24.9. The van der Waals surface area contributed by atoms with Crippen molar-refractivity contribution in [3.8, 4) is 5.88 Å². The molecular weight excluding hydrogens is 188 g/mol. The van der Waals surface area contributed by atoms with Crippen molar-refractivity contribution >= 4 is 0 Å². The third-order valence-electron chi connectivity index (χ3n) is 4.45. The minimum atomic E-state index is 0.632. The first-order valence-electron chi connectivity index (χ1n) is 5.86. The number of nitrogens with one attached hydrogen (secondary N) is 1. The van der Waals surface area contributed by atoms with Crippen LogP contribution in [0.5, 0.6) is 5.88 Å². The van der Waals surface area contributed by atoms with Crippen LogP contribution in [0.1, 0.15) is 39.0 Å². The van der Waals surface area contributed by atoms with E-state index in [0.29, 0.717) is 10.8 Å². The fourth-order valence-electron chi connectivity index (χ4n) is 2.70. The molecule has 2 aliphatic carbocycles. The molecule has 3 heteroatoms. The Labute approximate surface area is 90.2 Å². The zero-order chi connectivity index (χ0) is 10.4. The van der Waals surface area contributed by atoms with Gasteiger partial charge < -0.3 is 4.74 Å². The lowest BCUT2D eigenvalue weighted by atomic mass is 9.85. The van der Waals surface area contributed by atoms with Crippen molar-refractivity contribution in [2.45, 2.75) is 39.0 Å². The number of hydrogen-bond donors (Lipinski definition) is 1. The monoisotopic (exact) mass is 206 g/mol. The number of aromatic nitrogens is 2. The number of hydrogen-bond acceptors (Lipinski definition) is 2. The minimum absolute atomic E-state index is 0.632. The average Bonchev–Trinajstić information content (AvgIpc) is 3.10. The van der Waals surface area contributed by atoms with E-state index >= 15 is 0 Å². The van der Waals surface area contributed by atoms with E-state index < -0.39 is 0 Å². The van der Waals surface area contributed by atoms with Crippen LogP contribution in [0.25, 0.3) is 0 Å². The van der Waals surface area contributed by atoms with Crippen LogP contribution in [0.15, 0.2) is 12.3 Å². The summed E-state index contributed by atoms with van der Waals surface area (Å²) in [5.74, 6) is 0.798. The second-order valence-corrected chi connectivity index (χ2v) is 5.36. The van der Waals surface area contributed by atoms with Crippen molar-refractivity contribution in [1.82, 2.24) is 10.2 Å². The molecule has 2 saturated carbocycles. The molecule has 0 radical (unpaired) electrons. The minimum Gasteiger partial charge on any atom is -0.478 e. The summed E-state index contributed by atoms with van der Waals surface area (Å²) in [6.07, 6.45) is 8.62. The predicted octanol–water partition coefficient (Wildman–Crippen LogP) is 2.76. The molecule has 0 bridgehead atoms. The molecule has 0 aliphatic heterocycles. The zero-order valence-corrected chi connectivity index (χ0v) is 9.25. The maximum absolute atomic E-state index is 5.63. The van der Waals surface area contributed by atoms with E-state index in [2.05, 4.69) is 17.1 Å². The van der Waals surface area contributed by atoms with Gasteiger partial charge in [0.05, 0.1) is 12.8 Å². The summed E-state index contributed by atoms with van der Waals surface area (Å²) in [6, 6.07) is 1.87. The van der Waals surface area contributed by atoms with Gasteiger partial charge in [-0.2, -0.15) is 5.10 Å². The second-order valence-electron chi connectivity index (χ2n) is 5.36. The molecule has 3 rings (SSSR count). The van der Waals surface area contributed by atoms with Gasteiger partial charge in [-0.1, -0.05) is 6.92 Å². The first-order valence-corrected chi connectivity index (χ1v) is 5.86. The van der Waals surface area contributed by atoms with Crippen molar-refractivity contribution in [3.63, 3.8) is 0 Å². The fraction of sp³-hybridized carbons (Fsp3) is 0.750. The number of H-pyrrole nitrogens is 1. The van der Waals surface area contributed by atoms with Crippen LogP contribution >= 0.6 is 0 Å². The Hall–Kier alpha value is -0.990. The number of rotatable bonds is 5. The molecule has 0 saturated heterocycles. The van der Waals surface area contributed by atoms with Gasteiger partial charge >= 0.3 is 0 Å². The molecule has 0 spiro atoms. The molecule has 1 heterocycles. The van der Waals surface area contributed by atoms with E-state index in [0.717, 1.165) is 12.5 Å². The van der Waals surface area contributed by atoms with Gasteiger partial charge in [0.15, 0.2) is 0 Å². The Balaban J connectivity index is 1.50. The van der Waals surface area contributed by atoms with Crippen molar-refractivity contribution in [1.29, 1.82) is 0 Å². The Morgan fingerprint density at radius 3 is 2.73 bits per heavy atom. The molecule has 0 atom stereocenters. The lowest BCUT2D eigenvalue weighted by molar-refractivity contribution is 0.208. The van der Waals surface area contributed by atoms with Crippen LogP contribution in [0.2, 0.25) is 0 Å². The van der Waals surface area contributed by atoms with Gasteiger partial charge in [0.2, 0.25) is 5.88 Å². The van der Waals surface area contributed by atoms with Crippen molar-refractivity contribution in [2.24, 2.45) is 10.8 Å². The van der Waals surface area contributed by atoms with E-state index in [9.17, 15) is 0 Å². The summed E-state index contributed by atoms with van der Waals surface area (Å²) in [7, 11) is 0. The molecule has 2 aliphatic rings. The molecule has 2 fully saturated rings. The van der Waals surface area contributed by atoms with E-state index in [1.165, 1.54) is 32.1 Å². The largest absolute Gasteiger partial charge is 0.478 e. The Morgan fingerprint density at radius 2 is 2.20 bits per heavy atom. The van der Waals surface area contributed by atoms with Gasteiger partial charge in [-0.25, -0.2) is 5.10 Å². The highest BCUT2D eigenvalue weighted by molar-refractivity contribution is 5.12. The van der Waals surface area contributed by atoms with Gasteiger partial charge in [-0.3, -0.25) is 0 Å². The molecule has 82 valence electrons. The molecule has 0 unspecified atom stereocenters. The van der Waals surface area contributed by atoms with E-state index in [-0.39, 0.29) is 0 Å². The average molecular weight is 206 g/mol. The highest BCUT2D eigenvalue weighted by atomic mass is 16.5. The van der Waals surface area contributed by atoms with Crippen molar-refractivity contribution < 1.29 is 4.74 Å². The maximum atomic E-state index is 5.63. The molecule has 15 heavy (non-hydrogen) atoms. The standard InChI is InChI=1S/C12H18N2O/c1-11(3-4-11)12(5-6-12)7-9-15-10-2-8-13-14-10/h2,8H,3-7,9H2,1H3,(H,13,14). The Morgan fingerprint density at radius 1 is 1.40 bits per heavy atom. The summed E-state index contributed by atoms with van der Waals surface area (Å²) < 4.78 is 5.63. The molecule has 0 aromatic carbocycles. The van der Waals surface area contributed by atoms with Gasteiger partial charge in [0, 0.05) is 6.07 Å². The predicted molar refractivity (Wildman–Crippen MR) is 57.7 cm³/mol. The van der Waals surface area contributed by atoms with Crippen LogP contribution in [-0.2, 0) is 0 Å². The molecule has 0 amide bonds. The summed E-state index contributed by atoms with van der Waals surface area (Å²) >= 11 is 0. The number of nitrogens with zero attached hydrogens (tertiary/aromatic N) is 1. The molecule has 1 aromatic heterocycles. The lowest BCUT2D eigenvalue weighted by Crippen LogP contribution is -2.17. The second kappa shape index (κ2) is 3.00. The highest BCUT2D eigenvalue weighted by Gasteiger charge is 2.61. The third kappa shape index (κ3) is 1.54. The molecular formula is C12H18N2O. The highest BCUT2D eigenvalue weighted by Crippen LogP contribution is 2.71. The van der Waals surface area contributed by atoms with E-state index in [1.54, 1.807) is 6.20 Å².